The Morgan fingerprint density at radius 3 is 2.90 bits per heavy atom. The Hall–Kier alpha value is -2.26. The van der Waals surface area contributed by atoms with Gasteiger partial charge in [0.25, 0.3) is 0 Å². The predicted molar refractivity (Wildman–Crippen MR) is 76.0 cm³/mol. The Kier molecular flexibility index (Phi) is 4.43. The van der Waals surface area contributed by atoms with Crippen molar-refractivity contribution in [2.45, 2.75) is 13.5 Å². The number of rotatable bonds is 4. The number of benzene rings is 1. The molecule has 0 aliphatic rings. The molecule has 0 amide bonds. The Balaban J connectivity index is 2.31. The van der Waals surface area contributed by atoms with Gasteiger partial charge >= 0.3 is 0 Å². The van der Waals surface area contributed by atoms with Crippen LogP contribution in [0.4, 0.5) is 0 Å². The van der Waals surface area contributed by atoms with Crippen molar-refractivity contribution in [3.63, 3.8) is 0 Å². The topological polar surface area (TPSA) is 64.3 Å². The van der Waals surface area contributed by atoms with E-state index in [1.807, 2.05) is 6.07 Å². The molecular formula is C14H11BrN2O3. The van der Waals surface area contributed by atoms with E-state index in [0.29, 0.717) is 16.0 Å². The third-order valence-electron chi connectivity index (χ3n) is 2.56. The van der Waals surface area contributed by atoms with E-state index >= 15 is 0 Å². The molecule has 0 saturated carbocycles. The van der Waals surface area contributed by atoms with Crippen LogP contribution in [0.25, 0.3) is 0 Å². The lowest BCUT2D eigenvalue weighted by Gasteiger charge is -2.09. The number of aromatic nitrogens is 2. The van der Waals surface area contributed by atoms with Crippen LogP contribution in [0.1, 0.15) is 28.4 Å². The van der Waals surface area contributed by atoms with Crippen molar-refractivity contribution in [3.05, 3.63) is 47.2 Å². The van der Waals surface area contributed by atoms with Gasteiger partial charge in [0.15, 0.2) is 0 Å². The van der Waals surface area contributed by atoms with E-state index in [-0.39, 0.29) is 17.2 Å². The monoisotopic (exact) mass is 334 g/mol. The zero-order valence-corrected chi connectivity index (χ0v) is 12.2. The van der Waals surface area contributed by atoms with Gasteiger partial charge in [0.1, 0.15) is 6.61 Å². The highest BCUT2D eigenvalue weighted by molar-refractivity contribution is 9.18. The van der Waals surface area contributed by atoms with Gasteiger partial charge in [-0.2, -0.15) is 0 Å². The summed E-state index contributed by atoms with van der Waals surface area (Å²) in [4.78, 5) is 12.2. The number of nitrogens with zero attached hydrogens (tertiary/aromatic N) is 2. The molecule has 0 radical (unpaired) electrons. The summed E-state index contributed by atoms with van der Waals surface area (Å²) in [5, 5.41) is 12.8. The van der Waals surface area contributed by atoms with Gasteiger partial charge in [0, 0.05) is 22.8 Å². The number of ether oxygens (including phenoxy) is 1. The summed E-state index contributed by atoms with van der Waals surface area (Å²) in [5.74, 6) is 6.00. The van der Waals surface area contributed by atoms with E-state index in [1.165, 1.54) is 12.3 Å². The van der Waals surface area contributed by atoms with Crippen LogP contribution < -0.4 is 4.74 Å². The molecule has 0 atom stereocenters. The second-order valence-corrected chi connectivity index (χ2v) is 4.56. The van der Waals surface area contributed by atoms with E-state index in [4.69, 9.17) is 9.94 Å². The van der Waals surface area contributed by atoms with Crippen molar-refractivity contribution in [2.75, 3.05) is 0 Å². The van der Waals surface area contributed by atoms with Crippen molar-refractivity contribution in [1.29, 1.82) is 0 Å². The Labute approximate surface area is 124 Å². The lowest BCUT2D eigenvalue weighted by atomic mass is 10.0. The van der Waals surface area contributed by atoms with Crippen molar-refractivity contribution in [2.24, 2.45) is 0 Å². The second kappa shape index (κ2) is 6.26. The van der Waals surface area contributed by atoms with Crippen LogP contribution in [0.15, 0.2) is 30.5 Å². The van der Waals surface area contributed by atoms with Crippen LogP contribution in [0.5, 0.6) is 5.88 Å². The summed E-state index contributed by atoms with van der Waals surface area (Å²) in [5.41, 5.74) is 1.89. The van der Waals surface area contributed by atoms with Gasteiger partial charge in [0.05, 0.1) is 6.20 Å². The fourth-order valence-electron chi connectivity index (χ4n) is 1.70. The molecule has 20 heavy (non-hydrogen) atoms. The van der Waals surface area contributed by atoms with Gasteiger partial charge in [-0.1, -0.05) is 17.1 Å². The zero-order valence-electron chi connectivity index (χ0n) is 10.6. The molecule has 2 rings (SSSR count). The molecule has 2 aromatic rings. The van der Waals surface area contributed by atoms with Gasteiger partial charge in [-0.15, -0.1) is 10.8 Å². The molecule has 0 bridgehead atoms. The minimum atomic E-state index is -0.233. The summed E-state index contributed by atoms with van der Waals surface area (Å²) in [7, 11) is 0. The SMILES string of the molecule is CC#Cc1cccc(C(=O)Br)c1COc1ccn(O)n1. The van der Waals surface area contributed by atoms with E-state index in [0.717, 1.165) is 5.56 Å². The minimum Gasteiger partial charge on any atom is -0.472 e. The molecule has 1 aromatic heterocycles. The fraction of sp³-hybridized carbons (Fsp3) is 0.143. The van der Waals surface area contributed by atoms with Gasteiger partial charge in [0.2, 0.25) is 10.6 Å². The average molecular weight is 335 g/mol. The maximum atomic E-state index is 11.6. The third-order valence-corrected chi connectivity index (χ3v) is 2.99. The summed E-state index contributed by atoms with van der Waals surface area (Å²) in [6, 6.07) is 6.80. The van der Waals surface area contributed by atoms with Crippen molar-refractivity contribution < 1.29 is 14.7 Å². The lowest BCUT2D eigenvalue weighted by molar-refractivity contribution is 0.109. The van der Waals surface area contributed by atoms with Crippen molar-refractivity contribution >= 4 is 20.6 Å². The highest BCUT2D eigenvalue weighted by Gasteiger charge is 2.13. The van der Waals surface area contributed by atoms with Gasteiger partial charge < -0.3 is 9.94 Å². The molecule has 1 heterocycles. The number of halogens is 1. The molecule has 5 nitrogen and oxygen atoms in total. The maximum Gasteiger partial charge on any atom is 0.236 e. The van der Waals surface area contributed by atoms with E-state index in [1.54, 1.807) is 19.1 Å². The molecule has 102 valence electrons. The maximum absolute atomic E-state index is 11.6. The third kappa shape index (κ3) is 3.19. The number of hydrogen-bond donors (Lipinski definition) is 1. The van der Waals surface area contributed by atoms with Crippen LogP contribution >= 0.6 is 15.9 Å². The highest BCUT2D eigenvalue weighted by atomic mass is 79.9. The quantitative estimate of drug-likeness (QED) is 0.530. The summed E-state index contributed by atoms with van der Waals surface area (Å²) in [6.07, 6.45) is 1.35. The number of carbonyl (C=O) groups excluding carboxylic acids is 1. The van der Waals surface area contributed by atoms with Gasteiger partial charge in [-0.3, -0.25) is 4.79 Å². The highest BCUT2D eigenvalue weighted by Crippen LogP contribution is 2.19. The van der Waals surface area contributed by atoms with Crippen LogP contribution in [0.2, 0.25) is 0 Å². The first-order valence-electron chi connectivity index (χ1n) is 5.74. The molecule has 0 fully saturated rings. The van der Waals surface area contributed by atoms with Crippen molar-refractivity contribution in [3.8, 4) is 17.7 Å². The molecule has 0 aliphatic carbocycles. The summed E-state index contributed by atoms with van der Waals surface area (Å²) in [6.45, 7) is 1.86. The molecule has 0 unspecified atom stereocenters. The molecule has 1 N–H and O–H groups in total. The Morgan fingerprint density at radius 1 is 1.50 bits per heavy atom. The molecule has 0 aliphatic heterocycles. The minimum absolute atomic E-state index is 0.133. The van der Waals surface area contributed by atoms with Crippen LogP contribution in [-0.4, -0.2) is 19.8 Å². The Morgan fingerprint density at radius 2 is 2.30 bits per heavy atom. The van der Waals surface area contributed by atoms with E-state index < -0.39 is 0 Å². The number of hydrogen-bond acceptors (Lipinski definition) is 4. The first-order valence-corrected chi connectivity index (χ1v) is 6.53. The smallest absolute Gasteiger partial charge is 0.236 e. The molecule has 1 aromatic carbocycles. The Bertz CT molecular complexity index is 698. The van der Waals surface area contributed by atoms with E-state index in [9.17, 15) is 4.79 Å². The predicted octanol–water partition coefficient (Wildman–Crippen LogP) is 2.61. The molecule has 0 saturated heterocycles. The molecule has 6 heteroatoms. The zero-order chi connectivity index (χ0) is 14.5. The standard InChI is InChI=1S/C14H11BrN2O3/c1-2-4-10-5-3-6-11(14(15)18)12(10)9-20-13-7-8-17(19)16-13/h3,5-8,19H,9H2,1H3. The summed E-state index contributed by atoms with van der Waals surface area (Å²) < 4.78 is 5.23. The molecule has 0 spiro atoms. The normalized spacial score (nSPS) is 9.70. The van der Waals surface area contributed by atoms with E-state index in [2.05, 4.69) is 32.9 Å². The van der Waals surface area contributed by atoms with Gasteiger partial charge in [-0.05, 0) is 35.0 Å². The van der Waals surface area contributed by atoms with Crippen LogP contribution in [0.3, 0.4) is 0 Å². The first-order chi connectivity index (χ1) is 9.61. The lowest BCUT2D eigenvalue weighted by Crippen LogP contribution is -2.05. The fourth-order valence-corrected chi connectivity index (χ4v) is 2.07. The largest absolute Gasteiger partial charge is 0.472 e. The summed E-state index contributed by atoms with van der Waals surface area (Å²) >= 11 is 2.95. The second-order valence-electron chi connectivity index (χ2n) is 3.84. The molecular weight excluding hydrogens is 324 g/mol. The number of carbonyl (C=O) groups is 1. The van der Waals surface area contributed by atoms with Gasteiger partial charge in [-0.25, -0.2) is 0 Å². The average Bonchev–Trinajstić information content (AvgIpc) is 2.83. The first kappa shape index (κ1) is 14.2. The van der Waals surface area contributed by atoms with Crippen LogP contribution in [0, 0.1) is 11.8 Å². The van der Waals surface area contributed by atoms with Crippen molar-refractivity contribution in [1.82, 2.24) is 9.94 Å². The van der Waals surface area contributed by atoms with Crippen LogP contribution in [-0.2, 0) is 6.61 Å².